The SMILES string of the molecule is CCN1CCCC1CNC(=NCc1cc(F)ccc1F)NCc1nnc(C)n1C. The van der Waals surface area contributed by atoms with Gasteiger partial charge in [0.15, 0.2) is 11.8 Å². The molecule has 158 valence electrons. The van der Waals surface area contributed by atoms with E-state index in [0.717, 1.165) is 49.8 Å². The smallest absolute Gasteiger partial charge is 0.192 e. The highest BCUT2D eigenvalue weighted by Crippen LogP contribution is 2.15. The molecule has 29 heavy (non-hydrogen) atoms. The van der Waals surface area contributed by atoms with Gasteiger partial charge in [0.2, 0.25) is 0 Å². The molecule has 1 saturated heterocycles. The number of aryl methyl sites for hydroxylation is 1. The lowest BCUT2D eigenvalue weighted by Gasteiger charge is -2.24. The molecule has 1 aromatic heterocycles. The maximum atomic E-state index is 14.0. The Morgan fingerprint density at radius 2 is 2.10 bits per heavy atom. The van der Waals surface area contributed by atoms with Crippen LogP contribution in [0, 0.1) is 18.6 Å². The molecule has 0 saturated carbocycles. The largest absolute Gasteiger partial charge is 0.355 e. The minimum Gasteiger partial charge on any atom is -0.355 e. The molecule has 2 heterocycles. The Morgan fingerprint density at radius 1 is 1.28 bits per heavy atom. The minimum atomic E-state index is -0.474. The fourth-order valence-corrected chi connectivity index (χ4v) is 3.53. The molecular formula is C20H29F2N7. The number of guanidine groups is 1. The molecule has 0 bridgehead atoms. The summed E-state index contributed by atoms with van der Waals surface area (Å²) in [5.41, 5.74) is 0.219. The lowest BCUT2D eigenvalue weighted by molar-refractivity contribution is 0.267. The van der Waals surface area contributed by atoms with E-state index in [4.69, 9.17) is 0 Å². The number of aromatic nitrogens is 3. The van der Waals surface area contributed by atoms with E-state index in [-0.39, 0.29) is 12.1 Å². The molecule has 1 aliphatic heterocycles. The van der Waals surface area contributed by atoms with Gasteiger partial charge in [0.05, 0.1) is 13.1 Å². The average molecular weight is 405 g/mol. The van der Waals surface area contributed by atoms with Crippen LogP contribution in [0.3, 0.4) is 0 Å². The number of likely N-dealkylation sites (N-methyl/N-ethyl adjacent to an activating group) is 1. The molecule has 2 aromatic rings. The maximum absolute atomic E-state index is 14.0. The zero-order chi connectivity index (χ0) is 20.8. The highest BCUT2D eigenvalue weighted by atomic mass is 19.1. The van der Waals surface area contributed by atoms with Gasteiger partial charge < -0.3 is 15.2 Å². The minimum absolute atomic E-state index is 0.0406. The first kappa shape index (κ1) is 21.2. The first-order valence-electron chi connectivity index (χ1n) is 10.0. The standard InChI is InChI=1S/C20H29F2N7/c1-4-29-9-5-6-17(29)12-24-20(25-13-19-27-26-14(2)28(19)3)23-11-15-10-16(21)7-8-18(15)22/h7-8,10,17H,4-6,9,11-13H2,1-3H3,(H2,23,24,25). The molecule has 7 nitrogen and oxygen atoms in total. The van der Waals surface area contributed by atoms with Gasteiger partial charge in [-0.15, -0.1) is 10.2 Å². The van der Waals surface area contributed by atoms with Crippen molar-refractivity contribution in [2.75, 3.05) is 19.6 Å². The topological polar surface area (TPSA) is 70.4 Å². The monoisotopic (exact) mass is 405 g/mol. The fourth-order valence-electron chi connectivity index (χ4n) is 3.53. The third-order valence-corrected chi connectivity index (χ3v) is 5.42. The molecular weight excluding hydrogens is 376 g/mol. The second kappa shape index (κ2) is 9.78. The zero-order valence-electron chi connectivity index (χ0n) is 17.3. The summed E-state index contributed by atoms with van der Waals surface area (Å²) in [6.45, 7) is 7.37. The number of halogens is 2. The number of aliphatic imine (C=N–C) groups is 1. The van der Waals surface area contributed by atoms with Gasteiger partial charge in [0.25, 0.3) is 0 Å². The normalized spacial score (nSPS) is 17.7. The van der Waals surface area contributed by atoms with Crippen molar-refractivity contribution >= 4 is 5.96 Å². The Balaban J connectivity index is 1.69. The molecule has 1 fully saturated rings. The molecule has 1 aliphatic rings. The zero-order valence-corrected chi connectivity index (χ0v) is 17.3. The number of hydrogen-bond donors (Lipinski definition) is 2. The number of rotatable bonds is 7. The second-order valence-corrected chi connectivity index (χ2v) is 7.28. The van der Waals surface area contributed by atoms with Crippen LogP contribution < -0.4 is 10.6 Å². The van der Waals surface area contributed by atoms with Crippen molar-refractivity contribution in [3.05, 3.63) is 47.0 Å². The van der Waals surface area contributed by atoms with Crippen molar-refractivity contribution in [3.8, 4) is 0 Å². The van der Waals surface area contributed by atoms with Gasteiger partial charge in [0.1, 0.15) is 17.5 Å². The Labute approximate surface area is 170 Å². The number of likely N-dealkylation sites (tertiary alicyclic amines) is 1. The van der Waals surface area contributed by atoms with Crippen LogP contribution in [-0.2, 0) is 20.1 Å². The van der Waals surface area contributed by atoms with Crippen LogP contribution >= 0.6 is 0 Å². The van der Waals surface area contributed by atoms with Gasteiger partial charge in [-0.3, -0.25) is 4.90 Å². The summed E-state index contributed by atoms with van der Waals surface area (Å²) in [4.78, 5) is 6.90. The number of nitrogens with zero attached hydrogens (tertiary/aromatic N) is 5. The molecule has 9 heteroatoms. The predicted octanol–water partition coefficient (Wildman–Crippen LogP) is 2.12. The van der Waals surface area contributed by atoms with Gasteiger partial charge >= 0.3 is 0 Å². The van der Waals surface area contributed by atoms with Gasteiger partial charge in [-0.1, -0.05) is 6.92 Å². The molecule has 0 aliphatic carbocycles. The number of hydrogen-bond acceptors (Lipinski definition) is 4. The third kappa shape index (κ3) is 5.50. The van der Waals surface area contributed by atoms with E-state index in [9.17, 15) is 8.78 Å². The lowest BCUT2D eigenvalue weighted by Crippen LogP contribution is -2.44. The quantitative estimate of drug-likeness (QED) is 0.546. The molecule has 3 rings (SSSR count). The Kier molecular flexibility index (Phi) is 7.13. The molecule has 0 amide bonds. The van der Waals surface area contributed by atoms with Crippen LogP contribution in [-0.4, -0.2) is 51.3 Å². The second-order valence-electron chi connectivity index (χ2n) is 7.28. The van der Waals surface area contributed by atoms with Crippen molar-refractivity contribution < 1.29 is 8.78 Å². The van der Waals surface area contributed by atoms with Crippen molar-refractivity contribution in [1.29, 1.82) is 0 Å². The molecule has 1 aromatic carbocycles. The molecule has 0 radical (unpaired) electrons. The van der Waals surface area contributed by atoms with E-state index >= 15 is 0 Å². The summed E-state index contributed by atoms with van der Waals surface area (Å²) < 4.78 is 29.3. The van der Waals surface area contributed by atoms with Gasteiger partial charge in [-0.05, 0) is 51.1 Å². The highest BCUT2D eigenvalue weighted by Gasteiger charge is 2.22. The first-order valence-corrected chi connectivity index (χ1v) is 10.0. The highest BCUT2D eigenvalue weighted by molar-refractivity contribution is 5.79. The van der Waals surface area contributed by atoms with E-state index < -0.39 is 11.6 Å². The van der Waals surface area contributed by atoms with Crippen LogP contribution in [0.1, 0.15) is 37.0 Å². The van der Waals surface area contributed by atoms with E-state index in [1.54, 1.807) is 0 Å². The van der Waals surface area contributed by atoms with E-state index in [0.29, 0.717) is 18.5 Å². The van der Waals surface area contributed by atoms with Crippen LogP contribution in [0.2, 0.25) is 0 Å². The Morgan fingerprint density at radius 3 is 2.83 bits per heavy atom. The van der Waals surface area contributed by atoms with Crippen molar-refractivity contribution in [1.82, 2.24) is 30.3 Å². The fraction of sp³-hybridized carbons (Fsp3) is 0.550. The van der Waals surface area contributed by atoms with Crippen LogP contribution in [0.25, 0.3) is 0 Å². The molecule has 2 N–H and O–H groups in total. The van der Waals surface area contributed by atoms with E-state index in [1.807, 2.05) is 18.5 Å². The maximum Gasteiger partial charge on any atom is 0.192 e. The third-order valence-electron chi connectivity index (χ3n) is 5.42. The van der Waals surface area contributed by atoms with Crippen LogP contribution in [0.4, 0.5) is 8.78 Å². The van der Waals surface area contributed by atoms with E-state index in [2.05, 4.69) is 37.6 Å². The summed E-state index contributed by atoms with van der Waals surface area (Å²) in [7, 11) is 1.90. The first-order chi connectivity index (χ1) is 14.0. The van der Waals surface area contributed by atoms with Crippen molar-refractivity contribution in [2.24, 2.45) is 12.0 Å². The summed E-state index contributed by atoms with van der Waals surface area (Å²) in [5, 5.41) is 14.8. The van der Waals surface area contributed by atoms with Gasteiger partial charge in [-0.25, -0.2) is 13.8 Å². The number of benzene rings is 1. The summed E-state index contributed by atoms with van der Waals surface area (Å²) in [6, 6.07) is 3.85. The van der Waals surface area contributed by atoms with E-state index in [1.165, 1.54) is 12.5 Å². The van der Waals surface area contributed by atoms with Crippen LogP contribution in [0.15, 0.2) is 23.2 Å². The molecule has 1 atom stereocenters. The summed E-state index contributed by atoms with van der Waals surface area (Å²) in [6.07, 6.45) is 2.32. The summed E-state index contributed by atoms with van der Waals surface area (Å²) in [5.74, 6) is 1.19. The average Bonchev–Trinajstić information content (AvgIpc) is 3.30. The lowest BCUT2D eigenvalue weighted by atomic mass is 10.2. The van der Waals surface area contributed by atoms with Gasteiger partial charge in [-0.2, -0.15) is 0 Å². The molecule has 1 unspecified atom stereocenters. The summed E-state index contributed by atoms with van der Waals surface area (Å²) >= 11 is 0. The van der Waals surface area contributed by atoms with Crippen molar-refractivity contribution in [2.45, 2.75) is 45.8 Å². The van der Waals surface area contributed by atoms with Crippen LogP contribution in [0.5, 0.6) is 0 Å². The van der Waals surface area contributed by atoms with Crippen molar-refractivity contribution in [3.63, 3.8) is 0 Å². The predicted molar refractivity (Wildman–Crippen MR) is 108 cm³/mol. The Hall–Kier alpha value is -2.55. The molecule has 0 spiro atoms. The Bertz CT molecular complexity index is 849. The number of nitrogens with one attached hydrogen (secondary N) is 2. The van der Waals surface area contributed by atoms with Gasteiger partial charge in [0, 0.05) is 25.2 Å².